The lowest BCUT2D eigenvalue weighted by atomic mass is 9.96. The Balaban J connectivity index is 2.04. The number of amides is 1. The minimum atomic E-state index is -0.548. The summed E-state index contributed by atoms with van der Waals surface area (Å²) in [5, 5.41) is 13.9. The van der Waals surface area contributed by atoms with Crippen LogP contribution in [0.3, 0.4) is 0 Å². The topological polar surface area (TPSA) is 127 Å². The number of carbonyl (C=O) groups is 1. The number of piperidine rings is 1. The van der Waals surface area contributed by atoms with Crippen molar-refractivity contribution in [3.63, 3.8) is 0 Å². The lowest BCUT2D eigenvalue weighted by Crippen LogP contribution is -2.39. The summed E-state index contributed by atoms with van der Waals surface area (Å²) in [4.78, 5) is 31.0. The summed E-state index contributed by atoms with van der Waals surface area (Å²) >= 11 is 0. The van der Waals surface area contributed by atoms with Crippen LogP contribution in [0.4, 0.5) is 17.3 Å². The van der Waals surface area contributed by atoms with Gasteiger partial charge in [0.2, 0.25) is 17.5 Å². The fourth-order valence-electron chi connectivity index (χ4n) is 2.43. The minimum absolute atomic E-state index is 0.0448. The fourth-order valence-corrected chi connectivity index (χ4v) is 2.43. The zero-order valence-electron chi connectivity index (χ0n) is 11.8. The maximum atomic E-state index is 11.1. The van der Waals surface area contributed by atoms with E-state index in [1.807, 2.05) is 4.90 Å². The predicted molar refractivity (Wildman–Crippen MR) is 76.7 cm³/mol. The lowest BCUT2D eigenvalue weighted by molar-refractivity contribution is -0.383. The molecular formula is C12H18N6O3. The average molecular weight is 294 g/mol. The molecule has 0 unspecified atom stereocenters. The summed E-state index contributed by atoms with van der Waals surface area (Å²) in [6.07, 6.45) is 2.91. The minimum Gasteiger partial charge on any atom is -0.378 e. The zero-order valence-corrected chi connectivity index (χ0v) is 11.8. The van der Waals surface area contributed by atoms with Crippen LogP contribution < -0.4 is 16.0 Å². The lowest BCUT2D eigenvalue weighted by Gasteiger charge is -2.32. The van der Waals surface area contributed by atoms with Gasteiger partial charge < -0.3 is 16.0 Å². The van der Waals surface area contributed by atoms with Gasteiger partial charge in [-0.3, -0.25) is 14.9 Å². The molecular weight excluding hydrogens is 276 g/mol. The Bertz CT molecular complexity index is 542. The first kappa shape index (κ1) is 14.9. The Kier molecular flexibility index (Phi) is 4.51. The van der Waals surface area contributed by atoms with Gasteiger partial charge in [0, 0.05) is 26.6 Å². The molecule has 0 radical (unpaired) electrons. The van der Waals surface area contributed by atoms with E-state index in [9.17, 15) is 14.9 Å². The fraction of sp³-hybridized carbons (Fsp3) is 0.583. The third-order valence-corrected chi connectivity index (χ3v) is 3.57. The van der Waals surface area contributed by atoms with Crippen LogP contribution in [0.2, 0.25) is 0 Å². The van der Waals surface area contributed by atoms with Gasteiger partial charge in [-0.2, -0.15) is 0 Å². The van der Waals surface area contributed by atoms with E-state index in [1.54, 1.807) is 0 Å². The van der Waals surface area contributed by atoms with Crippen molar-refractivity contribution in [1.82, 2.24) is 15.3 Å². The van der Waals surface area contributed by atoms with Crippen LogP contribution in [0.1, 0.15) is 19.8 Å². The van der Waals surface area contributed by atoms with Gasteiger partial charge in [0.25, 0.3) is 0 Å². The van der Waals surface area contributed by atoms with Crippen molar-refractivity contribution in [3.05, 3.63) is 16.4 Å². The second-order valence-corrected chi connectivity index (χ2v) is 5.06. The van der Waals surface area contributed by atoms with Crippen molar-refractivity contribution in [2.24, 2.45) is 5.92 Å². The summed E-state index contributed by atoms with van der Waals surface area (Å²) in [5.74, 6) is 0.482. The van der Waals surface area contributed by atoms with E-state index in [0.717, 1.165) is 12.8 Å². The number of anilines is 2. The van der Waals surface area contributed by atoms with E-state index in [1.165, 1.54) is 13.3 Å². The molecule has 1 amide bonds. The summed E-state index contributed by atoms with van der Waals surface area (Å²) in [5.41, 5.74) is 5.33. The Labute approximate surface area is 121 Å². The van der Waals surface area contributed by atoms with E-state index in [4.69, 9.17) is 5.73 Å². The number of nitrogen functional groups attached to an aromatic ring is 1. The highest BCUT2D eigenvalue weighted by Gasteiger charge is 2.28. The Morgan fingerprint density at radius 2 is 2.19 bits per heavy atom. The molecule has 3 N–H and O–H groups in total. The molecule has 0 bridgehead atoms. The third-order valence-electron chi connectivity index (χ3n) is 3.57. The highest BCUT2D eigenvalue weighted by molar-refractivity contribution is 5.72. The SMILES string of the molecule is CC(=O)NCC1CCN(c2ncnc(N)c2[N+](=O)[O-])CC1. The molecule has 9 nitrogen and oxygen atoms in total. The van der Waals surface area contributed by atoms with Crippen LogP contribution in [-0.2, 0) is 4.79 Å². The second-order valence-electron chi connectivity index (χ2n) is 5.06. The van der Waals surface area contributed by atoms with Crippen LogP contribution in [-0.4, -0.2) is 40.4 Å². The molecule has 0 atom stereocenters. The summed E-state index contributed by atoms with van der Waals surface area (Å²) in [6, 6.07) is 0. The molecule has 0 saturated carbocycles. The van der Waals surface area contributed by atoms with Gasteiger partial charge in [-0.15, -0.1) is 0 Å². The Morgan fingerprint density at radius 3 is 2.76 bits per heavy atom. The largest absolute Gasteiger partial charge is 0.378 e. The number of nitro groups is 1. The number of hydrogen-bond donors (Lipinski definition) is 2. The first-order valence-corrected chi connectivity index (χ1v) is 6.73. The molecule has 21 heavy (non-hydrogen) atoms. The number of nitrogens with one attached hydrogen (secondary N) is 1. The van der Waals surface area contributed by atoms with Gasteiger partial charge in [0.05, 0.1) is 4.92 Å². The molecule has 1 aromatic rings. The number of nitrogens with two attached hydrogens (primary N) is 1. The van der Waals surface area contributed by atoms with Crippen LogP contribution >= 0.6 is 0 Å². The molecule has 1 aliphatic rings. The standard InChI is InChI=1S/C12H18N6O3/c1-8(19)14-6-9-2-4-17(5-3-9)12-10(18(20)21)11(13)15-7-16-12/h7,9H,2-6H2,1H3,(H,14,19)(H2,13,15,16). The van der Waals surface area contributed by atoms with Crippen molar-refractivity contribution in [2.75, 3.05) is 30.3 Å². The van der Waals surface area contributed by atoms with Gasteiger partial charge in [-0.25, -0.2) is 9.97 Å². The molecule has 114 valence electrons. The molecule has 1 aliphatic heterocycles. The van der Waals surface area contributed by atoms with E-state index in [2.05, 4.69) is 15.3 Å². The molecule has 1 saturated heterocycles. The van der Waals surface area contributed by atoms with Gasteiger partial charge in [-0.05, 0) is 18.8 Å². The number of nitrogens with zero attached hydrogens (tertiary/aromatic N) is 4. The van der Waals surface area contributed by atoms with Gasteiger partial charge in [0.1, 0.15) is 6.33 Å². The normalized spacial score (nSPS) is 15.8. The van der Waals surface area contributed by atoms with Crippen LogP contribution in [0.5, 0.6) is 0 Å². The van der Waals surface area contributed by atoms with Crippen molar-refractivity contribution in [2.45, 2.75) is 19.8 Å². The molecule has 0 aromatic carbocycles. The summed E-state index contributed by atoms with van der Waals surface area (Å²) < 4.78 is 0. The molecule has 1 aromatic heterocycles. The maximum Gasteiger partial charge on any atom is 0.353 e. The molecule has 1 fully saturated rings. The van der Waals surface area contributed by atoms with Gasteiger partial charge >= 0.3 is 5.69 Å². The second kappa shape index (κ2) is 6.33. The highest BCUT2D eigenvalue weighted by Crippen LogP contribution is 2.32. The maximum absolute atomic E-state index is 11.1. The third kappa shape index (κ3) is 3.56. The molecule has 0 spiro atoms. The Morgan fingerprint density at radius 1 is 1.52 bits per heavy atom. The van der Waals surface area contributed by atoms with Crippen molar-refractivity contribution < 1.29 is 9.72 Å². The van der Waals surface area contributed by atoms with Gasteiger partial charge in [-0.1, -0.05) is 0 Å². The highest BCUT2D eigenvalue weighted by atomic mass is 16.6. The summed E-state index contributed by atoms with van der Waals surface area (Å²) in [7, 11) is 0. The number of rotatable bonds is 4. The van der Waals surface area contributed by atoms with Crippen LogP contribution in [0.15, 0.2) is 6.33 Å². The average Bonchev–Trinajstić information content (AvgIpc) is 2.45. The number of hydrogen-bond acceptors (Lipinski definition) is 7. The van der Waals surface area contributed by atoms with Crippen LogP contribution in [0, 0.1) is 16.0 Å². The quantitative estimate of drug-likeness (QED) is 0.604. The van der Waals surface area contributed by atoms with Gasteiger partial charge in [0.15, 0.2) is 0 Å². The van der Waals surface area contributed by atoms with E-state index in [0.29, 0.717) is 25.6 Å². The number of carbonyl (C=O) groups excluding carboxylic acids is 1. The zero-order chi connectivity index (χ0) is 15.4. The molecule has 9 heteroatoms. The first-order chi connectivity index (χ1) is 9.99. The Hall–Kier alpha value is -2.45. The van der Waals surface area contributed by atoms with E-state index in [-0.39, 0.29) is 23.2 Å². The first-order valence-electron chi connectivity index (χ1n) is 6.73. The molecule has 2 heterocycles. The van der Waals surface area contributed by atoms with Crippen molar-refractivity contribution >= 4 is 23.2 Å². The van der Waals surface area contributed by atoms with Crippen molar-refractivity contribution in [3.8, 4) is 0 Å². The van der Waals surface area contributed by atoms with Crippen molar-refractivity contribution in [1.29, 1.82) is 0 Å². The smallest absolute Gasteiger partial charge is 0.353 e. The number of aromatic nitrogens is 2. The predicted octanol–water partition coefficient (Wildman–Crippen LogP) is 0.320. The van der Waals surface area contributed by atoms with E-state index >= 15 is 0 Å². The summed E-state index contributed by atoms with van der Waals surface area (Å²) in [6.45, 7) is 3.41. The van der Waals surface area contributed by atoms with Crippen LogP contribution in [0.25, 0.3) is 0 Å². The molecule has 2 rings (SSSR count). The van der Waals surface area contributed by atoms with E-state index < -0.39 is 4.92 Å². The monoisotopic (exact) mass is 294 g/mol. The molecule has 0 aliphatic carbocycles.